The van der Waals surface area contributed by atoms with E-state index in [0.29, 0.717) is 30.9 Å². The van der Waals surface area contributed by atoms with Crippen LogP contribution in [0.3, 0.4) is 0 Å². The molecule has 1 aromatic heterocycles. The maximum atomic E-state index is 13.4. The van der Waals surface area contributed by atoms with Gasteiger partial charge in [0.2, 0.25) is 5.91 Å². The number of aryl methyl sites for hydroxylation is 1. The van der Waals surface area contributed by atoms with Crippen molar-refractivity contribution >= 4 is 23.6 Å². The fourth-order valence-corrected chi connectivity index (χ4v) is 3.54. The van der Waals surface area contributed by atoms with Crippen molar-refractivity contribution in [2.45, 2.75) is 32.4 Å². The minimum atomic E-state index is -0.602. The van der Waals surface area contributed by atoms with Crippen molar-refractivity contribution in [1.29, 1.82) is 0 Å². The molecular weight excluding hydrogens is 410 g/mol. The third kappa shape index (κ3) is 5.35. The van der Waals surface area contributed by atoms with Crippen molar-refractivity contribution in [2.75, 3.05) is 25.0 Å². The third-order valence-electron chi connectivity index (χ3n) is 5.08. The Hall–Kier alpha value is -3.62. The summed E-state index contributed by atoms with van der Waals surface area (Å²) in [6.07, 6.45) is 2.45. The van der Waals surface area contributed by atoms with Crippen LogP contribution in [0.1, 0.15) is 42.9 Å². The number of hydrogen-bond donors (Lipinski definition) is 1. The quantitative estimate of drug-likeness (QED) is 0.739. The summed E-state index contributed by atoms with van der Waals surface area (Å²) in [6, 6.07) is 8.15. The lowest BCUT2D eigenvalue weighted by molar-refractivity contribution is -0.111. The number of piperazine rings is 1. The van der Waals surface area contributed by atoms with Crippen LogP contribution in [0.5, 0.6) is 0 Å². The number of ether oxygens (including phenoxy) is 1. The van der Waals surface area contributed by atoms with Crippen molar-refractivity contribution in [3.05, 3.63) is 60.4 Å². The van der Waals surface area contributed by atoms with Crippen LogP contribution >= 0.6 is 0 Å². The Kier molecular flexibility index (Phi) is 6.67. The van der Waals surface area contributed by atoms with Crippen molar-refractivity contribution in [3.63, 3.8) is 0 Å². The average molecular weight is 440 g/mol. The van der Waals surface area contributed by atoms with Gasteiger partial charge in [0.05, 0.1) is 18.3 Å². The largest absolute Gasteiger partial charge is 0.444 e. The Labute approximate surface area is 187 Å². The van der Waals surface area contributed by atoms with Gasteiger partial charge < -0.3 is 19.9 Å². The van der Waals surface area contributed by atoms with Gasteiger partial charge in [0.15, 0.2) is 0 Å². The number of carbonyl (C=O) groups excluding carboxylic acids is 3. The molecule has 0 spiro atoms. The zero-order valence-electron chi connectivity index (χ0n) is 18.9. The summed E-state index contributed by atoms with van der Waals surface area (Å²) in [5, 5.41) is 6.89. The van der Waals surface area contributed by atoms with E-state index in [0.717, 1.165) is 5.69 Å². The number of nitrogens with one attached hydrogen (secondary N) is 1. The van der Waals surface area contributed by atoms with Gasteiger partial charge in [-0.2, -0.15) is 5.10 Å². The van der Waals surface area contributed by atoms with Gasteiger partial charge in [0.25, 0.3) is 5.91 Å². The van der Waals surface area contributed by atoms with E-state index in [1.54, 1.807) is 44.9 Å². The van der Waals surface area contributed by atoms with Gasteiger partial charge in [-0.3, -0.25) is 14.3 Å². The summed E-state index contributed by atoms with van der Waals surface area (Å²) in [6.45, 7) is 9.91. The molecule has 3 rings (SSSR count). The van der Waals surface area contributed by atoms with Crippen LogP contribution in [0.15, 0.2) is 49.2 Å². The van der Waals surface area contributed by atoms with E-state index in [4.69, 9.17) is 4.74 Å². The molecule has 1 aromatic carbocycles. The molecule has 2 heterocycles. The molecule has 1 unspecified atom stereocenters. The van der Waals surface area contributed by atoms with Crippen molar-refractivity contribution < 1.29 is 19.1 Å². The molecular formula is C23H29N5O4. The first-order chi connectivity index (χ1) is 15.1. The van der Waals surface area contributed by atoms with Crippen molar-refractivity contribution in [3.8, 4) is 0 Å². The van der Waals surface area contributed by atoms with Crippen LogP contribution in [-0.4, -0.2) is 62.7 Å². The summed E-state index contributed by atoms with van der Waals surface area (Å²) in [5.74, 6) is -0.486. The average Bonchev–Trinajstić information content (AvgIpc) is 3.17. The lowest BCUT2D eigenvalue weighted by atomic mass is 10.1. The lowest BCUT2D eigenvalue weighted by Crippen LogP contribution is -2.53. The molecule has 3 amide bonds. The first kappa shape index (κ1) is 23.1. The minimum Gasteiger partial charge on any atom is -0.444 e. The lowest BCUT2D eigenvalue weighted by Gasteiger charge is -2.41. The summed E-state index contributed by atoms with van der Waals surface area (Å²) >= 11 is 0. The predicted octanol–water partition coefficient (Wildman–Crippen LogP) is 2.98. The molecule has 1 N–H and O–H groups in total. The van der Waals surface area contributed by atoms with Crippen molar-refractivity contribution in [2.24, 2.45) is 7.05 Å². The fourth-order valence-electron chi connectivity index (χ4n) is 3.54. The normalized spacial score (nSPS) is 16.4. The van der Waals surface area contributed by atoms with E-state index in [1.165, 1.54) is 6.08 Å². The molecule has 9 nitrogen and oxygen atoms in total. The third-order valence-corrected chi connectivity index (χ3v) is 5.08. The van der Waals surface area contributed by atoms with E-state index in [2.05, 4.69) is 17.0 Å². The maximum absolute atomic E-state index is 13.4. The topological polar surface area (TPSA) is 96.8 Å². The predicted molar refractivity (Wildman–Crippen MR) is 120 cm³/mol. The maximum Gasteiger partial charge on any atom is 0.410 e. The Morgan fingerprint density at radius 2 is 1.84 bits per heavy atom. The highest BCUT2D eigenvalue weighted by Gasteiger charge is 2.36. The number of benzene rings is 1. The number of aromatic nitrogens is 2. The summed E-state index contributed by atoms with van der Waals surface area (Å²) in [7, 11) is 1.81. The summed E-state index contributed by atoms with van der Waals surface area (Å²) in [4.78, 5) is 40.9. The summed E-state index contributed by atoms with van der Waals surface area (Å²) in [5.41, 5.74) is 1.28. The molecule has 0 bridgehead atoms. The van der Waals surface area contributed by atoms with E-state index >= 15 is 0 Å². The van der Waals surface area contributed by atoms with E-state index in [1.807, 2.05) is 33.9 Å². The number of hydrogen-bond acceptors (Lipinski definition) is 5. The number of amides is 3. The van der Waals surface area contributed by atoms with E-state index < -0.39 is 11.7 Å². The second kappa shape index (κ2) is 9.25. The fraction of sp³-hybridized carbons (Fsp3) is 0.391. The van der Waals surface area contributed by atoms with Gasteiger partial charge in [0, 0.05) is 37.6 Å². The van der Waals surface area contributed by atoms with Crippen LogP contribution in [0.4, 0.5) is 10.5 Å². The number of nitrogens with zero attached hydrogens (tertiary/aromatic N) is 4. The molecule has 0 aliphatic carbocycles. The second-order valence-electron chi connectivity index (χ2n) is 8.59. The molecule has 32 heavy (non-hydrogen) atoms. The van der Waals surface area contributed by atoms with Crippen LogP contribution in [-0.2, 0) is 16.6 Å². The zero-order chi connectivity index (χ0) is 23.5. The molecule has 1 fully saturated rings. The standard InChI is InChI=1S/C23H29N5O4/c1-6-20(29)25-17-9-7-16(8-10-17)21(30)28-14-13-27(22(31)32-23(2,3)4)15-19(28)18-11-12-24-26(18)5/h6-12,19H,1,13-15H2,2-5H3,(H,25,29). The van der Waals surface area contributed by atoms with Gasteiger partial charge >= 0.3 is 6.09 Å². The number of rotatable bonds is 4. The Balaban J connectivity index is 1.82. The highest BCUT2D eigenvalue weighted by Crippen LogP contribution is 2.28. The summed E-state index contributed by atoms with van der Waals surface area (Å²) < 4.78 is 7.23. The van der Waals surface area contributed by atoms with Crippen LogP contribution < -0.4 is 5.32 Å². The Bertz CT molecular complexity index is 1010. The Morgan fingerprint density at radius 1 is 1.16 bits per heavy atom. The molecule has 0 radical (unpaired) electrons. The first-order valence-electron chi connectivity index (χ1n) is 10.4. The highest BCUT2D eigenvalue weighted by atomic mass is 16.6. The van der Waals surface area contributed by atoms with Gasteiger partial charge in [-0.05, 0) is 57.2 Å². The van der Waals surface area contributed by atoms with Crippen LogP contribution in [0.2, 0.25) is 0 Å². The molecule has 9 heteroatoms. The molecule has 0 saturated carbocycles. The highest BCUT2D eigenvalue weighted by molar-refractivity contribution is 5.99. The molecule has 1 aliphatic rings. The van der Waals surface area contributed by atoms with E-state index in [-0.39, 0.29) is 17.9 Å². The van der Waals surface area contributed by atoms with Gasteiger partial charge in [-0.1, -0.05) is 6.58 Å². The number of carbonyl (C=O) groups is 3. The second-order valence-corrected chi connectivity index (χ2v) is 8.59. The zero-order valence-corrected chi connectivity index (χ0v) is 18.9. The molecule has 1 saturated heterocycles. The smallest absolute Gasteiger partial charge is 0.410 e. The minimum absolute atomic E-state index is 0.165. The van der Waals surface area contributed by atoms with Gasteiger partial charge in [0.1, 0.15) is 5.60 Å². The van der Waals surface area contributed by atoms with Crippen LogP contribution in [0, 0.1) is 0 Å². The monoisotopic (exact) mass is 439 g/mol. The first-order valence-corrected chi connectivity index (χ1v) is 10.4. The van der Waals surface area contributed by atoms with Crippen LogP contribution in [0.25, 0.3) is 0 Å². The van der Waals surface area contributed by atoms with Crippen molar-refractivity contribution in [1.82, 2.24) is 19.6 Å². The number of anilines is 1. The SMILES string of the molecule is C=CC(=O)Nc1ccc(C(=O)N2CCN(C(=O)OC(C)(C)C)CC2c2ccnn2C)cc1. The molecule has 1 atom stereocenters. The Morgan fingerprint density at radius 3 is 2.41 bits per heavy atom. The van der Waals surface area contributed by atoms with Gasteiger partial charge in [-0.25, -0.2) is 4.79 Å². The van der Waals surface area contributed by atoms with Gasteiger partial charge in [-0.15, -0.1) is 0 Å². The molecule has 2 aromatic rings. The molecule has 1 aliphatic heterocycles. The van der Waals surface area contributed by atoms with E-state index in [9.17, 15) is 14.4 Å². The molecule has 170 valence electrons.